The summed E-state index contributed by atoms with van der Waals surface area (Å²) in [6.45, 7) is 1.98. The number of ether oxygens (including phenoxy) is 2. The van der Waals surface area contributed by atoms with Gasteiger partial charge in [0.2, 0.25) is 0 Å². The lowest BCUT2D eigenvalue weighted by molar-refractivity contribution is -0.0499. The lowest BCUT2D eigenvalue weighted by atomic mass is 9.95. The van der Waals surface area contributed by atoms with E-state index < -0.39 is 0 Å². The maximum atomic E-state index is 5.54. The average Bonchev–Trinajstić information content (AvgIpc) is 2.27. The molecule has 0 bridgehead atoms. The van der Waals surface area contributed by atoms with E-state index in [1.807, 2.05) is 6.92 Å². The molecule has 2 fully saturated rings. The topological polar surface area (TPSA) is 18.5 Å². The first-order valence-corrected chi connectivity index (χ1v) is 4.17. The molecule has 0 aromatic heterocycles. The highest BCUT2D eigenvalue weighted by atomic mass is 16.7. The third-order valence-electron chi connectivity index (χ3n) is 2.37. The molecule has 0 radical (unpaired) electrons. The van der Waals surface area contributed by atoms with Crippen molar-refractivity contribution in [2.24, 2.45) is 0 Å². The van der Waals surface area contributed by atoms with Crippen LogP contribution in [-0.2, 0) is 9.47 Å². The van der Waals surface area contributed by atoms with Crippen LogP contribution in [-0.4, -0.2) is 18.5 Å². The molecule has 0 amide bonds. The number of rotatable bonds is 0. The first kappa shape index (κ1) is 6.62. The van der Waals surface area contributed by atoms with Gasteiger partial charge in [-0.25, -0.2) is 0 Å². The maximum absolute atomic E-state index is 5.54. The van der Waals surface area contributed by atoms with Gasteiger partial charge in [0.25, 0.3) is 0 Å². The summed E-state index contributed by atoms with van der Waals surface area (Å²) in [7, 11) is 0. The molecule has 1 saturated heterocycles. The molecule has 1 heterocycles. The Balaban J connectivity index is 1.97. The van der Waals surface area contributed by atoms with Gasteiger partial charge < -0.3 is 9.47 Å². The summed E-state index contributed by atoms with van der Waals surface area (Å²) >= 11 is 0. The molecule has 10 heavy (non-hydrogen) atoms. The molecule has 2 aliphatic rings. The Morgan fingerprint density at radius 3 is 2.00 bits per heavy atom. The third kappa shape index (κ3) is 1.06. The van der Waals surface area contributed by atoms with Gasteiger partial charge in [-0.3, -0.25) is 0 Å². The van der Waals surface area contributed by atoms with Gasteiger partial charge >= 0.3 is 0 Å². The fourth-order valence-corrected chi connectivity index (χ4v) is 1.90. The smallest absolute Gasteiger partial charge is 0.155 e. The van der Waals surface area contributed by atoms with E-state index in [1.165, 1.54) is 25.7 Å². The van der Waals surface area contributed by atoms with Crippen LogP contribution in [0.25, 0.3) is 0 Å². The molecule has 58 valence electrons. The van der Waals surface area contributed by atoms with Gasteiger partial charge in [0, 0.05) is 0 Å². The Morgan fingerprint density at radius 2 is 1.50 bits per heavy atom. The van der Waals surface area contributed by atoms with Gasteiger partial charge in [0.15, 0.2) is 6.29 Å². The number of hydrogen-bond donors (Lipinski definition) is 0. The minimum absolute atomic E-state index is 0.0492. The zero-order chi connectivity index (χ0) is 6.97. The maximum Gasteiger partial charge on any atom is 0.155 e. The van der Waals surface area contributed by atoms with Crippen molar-refractivity contribution >= 4 is 0 Å². The van der Waals surface area contributed by atoms with Crippen LogP contribution in [0.15, 0.2) is 0 Å². The molecule has 0 N–H and O–H groups in total. The van der Waals surface area contributed by atoms with Gasteiger partial charge in [-0.1, -0.05) is 12.8 Å². The Hall–Kier alpha value is -0.0800. The summed E-state index contributed by atoms with van der Waals surface area (Å²) in [5.41, 5.74) is 0. The van der Waals surface area contributed by atoms with Crippen molar-refractivity contribution in [1.29, 1.82) is 0 Å². The summed E-state index contributed by atoms with van der Waals surface area (Å²) in [5, 5.41) is 0. The highest BCUT2D eigenvalue weighted by molar-refractivity contribution is 4.80. The van der Waals surface area contributed by atoms with E-state index in [1.54, 1.807) is 0 Å². The first-order valence-electron chi connectivity index (χ1n) is 4.17. The molecule has 1 saturated carbocycles. The molecule has 3 atom stereocenters. The largest absolute Gasteiger partial charge is 0.347 e. The predicted molar refractivity (Wildman–Crippen MR) is 37.7 cm³/mol. The first-order chi connectivity index (χ1) is 4.86. The van der Waals surface area contributed by atoms with E-state index in [2.05, 4.69) is 0 Å². The third-order valence-corrected chi connectivity index (χ3v) is 2.37. The molecule has 1 aliphatic heterocycles. The fourth-order valence-electron chi connectivity index (χ4n) is 1.90. The second-order valence-electron chi connectivity index (χ2n) is 3.20. The van der Waals surface area contributed by atoms with E-state index in [4.69, 9.17) is 9.47 Å². The summed E-state index contributed by atoms with van der Waals surface area (Å²) < 4.78 is 11.1. The van der Waals surface area contributed by atoms with E-state index >= 15 is 0 Å². The average molecular weight is 142 g/mol. The van der Waals surface area contributed by atoms with Crippen molar-refractivity contribution in [2.45, 2.75) is 51.1 Å². The van der Waals surface area contributed by atoms with Crippen LogP contribution in [0.1, 0.15) is 32.6 Å². The van der Waals surface area contributed by atoms with Gasteiger partial charge in [-0.2, -0.15) is 0 Å². The van der Waals surface area contributed by atoms with Crippen molar-refractivity contribution in [1.82, 2.24) is 0 Å². The Labute approximate surface area is 61.5 Å². The molecule has 1 aliphatic carbocycles. The van der Waals surface area contributed by atoms with Gasteiger partial charge in [-0.05, 0) is 19.8 Å². The van der Waals surface area contributed by atoms with Crippen molar-refractivity contribution in [3.63, 3.8) is 0 Å². The Kier molecular flexibility index (Phi) is 1.66. The summed E-state index contributed by atoms with van der Waals surface area (Å²) in [4.78, 5) is 0. The lowest BCUT2D eigenvalue weighted by Gasteiger charge is -2.21. The molecule has 2 nitrogen and oxygen atoms in total. The molecule has 0 spiro atoms. The van der Waals surface area contributed by atoms with Crippen LogP contribution in [0, 0.1) is 0 Å². The van der Waals surface area contributed by atoms with Gasteiger partial charge in [0.05, 0.1) is 12.2 Å². The Morgan fingerprint density at radius 1 is 1.00 bits per heavy atom. The number of hydrogen-bond acceptors (Lipinski definition) is 2. The van der Waals surface area contributed by atoms with Crippen LogP contribution < -0.4 is 0 Å². The molecule has 0 aromatic rings. The predicted octanol–water partition coefficient (Wildman–Crippen LogP) is 1.69. The summed E-state index contributed by atoms with van der Waals surface area (Å²) in [6.07, 6.45) is 5.93. The van der Waals surface area contributed by atoms with Crippen LogP contribution >= 0.6 is 0 Å². The minimum atomic E-state index is 0.0492. The van der Waals surface area contributed by atoms with Crippen LogP contribution in [0.2, 0.25) is 0 Å². The molecular formula is C8H14O2. The van der Waals surface area contributed by atoms with Crippen molar-refractivity contribution in [3.05, 3.63) is 0 Å². The van der Waals surface area contributed by atoms with E-state index in [9.17, 15) is 0 Å². The SMILES string of the molecule is CC1OC2CCCC[C@H]2O1. The molecule has 2 unspecified atom stereocenters. The normalized spacial score (nSPS) is 47.1. The van der Waals surface area contributed by atoms with E-state index in [0.717, 1.165) is 0 Å². The lowest BCUT2D eigenvalue weighted by Crippen LogP contribution is -2.25. The van der Waals surface area contributed by atoms with Crippen molar-refractivity contribution in [2.75, 3.05) is 0 Å². The minimum Gasteiger partial charge on any atom is -0.347 e. The van der Waals surface area contributed by atoms with E-state index in [0.29, 0.717) is 12.2 Å². The van der Waals surface area contributed by atoms with Gasteiger partial charge in [0.1, 0.15) is 0 Å². The quantitative estimate of drug-likeness (QED) is 0.512. The molecular weight excluding hydrogens is 128 g/mol. The Bertz CT molecular complexity index is 110. The monoisotopic (exact) mass is 142 g/mol. The molecule has 2 heteroatoms. The highest BCUT2D eigenvalue weighted by Crippen LogP contribution is 2.30. The van der Waals surface area contributed by atoms with Crippen LogP contribution in [0.3, 0.4) is 0 Å². The molecule has 0 aromatic carbocycles. The summed E-state index contributed by atoms with van der Waals surface area (Å²) in [5.74, 6) is 0. The van der Waals surface area contributed by atoms with Crippen LogP contribution in [0.4, 0.5) is 0 Å². The standard InChI is InChI=1S/C8H14O2/c1-6-9-7-4-2-3-5-8(7)10-6/h6-8H,2-5H2,1H3/t6?,7-,8?/m1/s1. The molecule has 2 rings (SSSR count). The zero-order valence-corrected chi connectivity index (χ0v) is 6.38. The zero-order valence-electron chi connectivity index (χ0n) is 6.38. The second kappa shape index (κ2) is 2.51. The fraction of sp³-hybridized carbons (Fsp3) is 1.00. The summed E-state index contributed by atoms with van der Waals surface area (Å²) in [6, 6.07) is 0. The van der Waals surface area contributed by atoms with Crippen molar-refractivity contribution < 1.29 is 9.47 Å². The highest BCUT2D eigenvalue weighted by Gasteiger charge is 2.35. The van der Waals surface area contributed by atoms with Crippen LogP contribution in [0.5, 0.6) is 0 Å². The number of fused-ring (bicyclic) bond motifs is 1. The van der Waals surface area contributed by atoms with E-state index in [-0.39, 0.29) is 6.29 Å². The second-order valence-corrected chi connectivity index (χ2v) is 3.20. The van der Waals surface area contributed by atoms with Crippen molar-refractivity contribution in [3.8, 4) is 0 Å². The van der Waals surface area contributed by atoms with Gasteiger partial charge in [-0.15, -0.1) is 0 Å².